The molecule has 3 atom stereocenters. The number of carbonyl (C=O) groups is 2. The van der Waals surface area contributed by atoms with Gasteiger partial charge in [-0.05, 0) is 48.9 Å². The van der Waals surface area contributed by atoms with Gasteiger partial charge >= 0.3 is 0 Å². The maximum absolute atomic E-state index is 13.2. The molecule has 0 radical (unpaired) electrons. The van der Waals surface area contributed by atoms with E-state index in [1.165, 1.54) is 0 Å². The van der Waals surface area contributed by atoms with E-state index in [-0.39, 0.29) is 11.7 Å². The van der Waals surface area contributed by atoms with Crippen molar-refractivity contribution in [3.05, 3.63) is 28.8 Å². The molecule has 1 N–H and O–H groups in total. The zero-order valence-electron chi connectivity index (χ0n) is 13.8. The fourth-order valence-corrected chi connectivity index (χ4v) is 6.20. The first-order chi connectivity index (χ1) is 10.6. The van der Waals surface area contributed by atoms with Crippen molar-refractivity contribution < 1.29 is 9.59 Å². The molecule has 3 nitrogen and oxygen atoms in total. The molecule has 124 valence electrons. The highest BCUT2D eigenvalue weighted by molar-refractivity contribution is 9.10. The molecule has 0 spiro atoms. The van der Waals surface area contributed by atoms with E-state index in [0.29, 0.717) is 5.02 Å². The number of fused-ring (bicyclic) bond motifs is 2. The molecular formula is C18H21BrClNO2. The topological polar surface area (TPSA) is 46.2 Å². The third-order valence-corrected chi connectivity index (χ3v) is 8.00. The van der Waals surface area contributed by atoms with E-state index >= 15 is 0 Å². The molecule has 0 saturated heterocycles. The van der Waals surface area contributed by atoms with Crippen LogP contribution in [0.2, 0.25) is 5.02 Å². The third-order valence-electron chi connectivity index (χ3n) is 6.56. The van der Waals surface area contributed by atoms with Gasteiger partial charge in [-0.3, -0.25) is 9.59 Å². The molecule has 0 aliphatic heterocycles. The Morgan fingerprint density at radius 1 is 1.30 bits per heavy atom. The van der Waals surface area contributed by atoms with E-state index in [1.807, 2.05) is 39.8 Å². The summed E-state index contributed by atoms with van der Waals surface area (Å²) in [5.41, 5.74) is 0.0992. The Morgan fingerprint density at radius 2 is 1.96 bits per heavy atom. The van der Waals surface area contributed by atoms with E-state index in [4.69, 9.17) is 11.6 Å². The number of ketones is 1. The first-order valence-electron chi connectivity index (χ1n) is 7.84. The van der Waals surface area contributed by atoms with E-state index < -0.39 is 21.1 Å². The standard InChI is InChI=1S/C18H21BrClNO2/c1-10-9-11(20)5-6-12(10)21-15(23)18-8-7-17(4,16(18,2)3)14(22)13(18)19/h5-6,9,13H,7-8H2,1-4H3,(H,21,23). The van der Waals surface area contributed by atoms with Crippen molar-refractivity contribution in [1.82, 2.24) is 0 Å². The van der Waals surface area contributed by atoms with Crippen molar-refractivity contribution in [2.75, 3.05) is 5.32 Å². The summed E-state index contributed by atoms with van der Waals surface area (Å²) in [6, 6.07) is 5.40. The summed E-state index contributed by atoms with van der Waals surface area (Å²) in [5, 5.41) is 3.68. The molecule has 2 fully saturated rings. The second-order valence-electron chi connectivity index (χ2n) is 7.57. The normalized spacial score (nSPS) is 34.7. The van der Waals surface area contributed by atoms with Crippen LogP contribution in [-0.4, -0.2) is 16.5 Å². The van der Waals surface area contributed by atoms with Crippen LogP contribution in [0.4, 0.5) is 5.69 Å². The van der Waals surface area contributed by atoms with Crippen LogP contribution in [0.15, 0.2) is 18.2 Å². The van der Waals surface area contributed by atoms with Crippen molar-refractivity contribution >= 4 is 44.9 Å². The van der Waals surface area contributed by atoms with Crippen LogP contribution >= 0.6 is 27.5 Å². The number of anilines is 1. The highest BCUT2D eigenvalue weighted by atomic mass is 79.9. The number of halogens is 2. The number of amides is 1. The zero-order chi connectivity index (χ0) is 17.2. The minimum atomic E-state index is -0.717. The van der Waals surface area contributed by atoms with Crippen LogP contribution in [0.25, 0.3) is 0 Å². The monoisotopic (exact) mass is 397 g/mol. The highest BCUT2D eigenvalue weighted by Crippen LogP contribution is 2.72. The van der Waals surface area contributed by atoms with Crippen molar-refractivity contribution in [2.24, 2.45) is 16.2 Å². The van der Waals surface area contributed by atoms with Gasteiger partial charge in [0.15, 0.2) is 5.78 Å². The van der Waals surface area contributed by atoms with Gasteiger partial charge in [0, 0.05) is 16.1 Å². The Hall–Kier alpha value is -0.870. The van der Waals surface area contributed by atoms with E-state index in [0.717, 1.165) is 24.1 Å². The molecule has 0 aromatic heterocycles. The van der Waals surface area contributed by atoms with Crippen molar-refractivity contribution in [3.63, 3.8) is 0 Å². The first kappa shape index (κ1) is 17.0. The number of benzene rings is 1. The Morgan fingerprint density at radius 3 is 2.48 bits per heavy atom. The van der Waals surface area contributed by atoms with Crippen LogP contribution in [0, 0.1) is 23.2 Å². The van der Waals surface area contributed by atoms with Gasteiger partial charge in [0.05, 0.1) is 10.2 Å². The number of hydrogen-bond donors (Lipinski definition) is 1. The molecule has 2 aliphatic carbocycles. The minimum absolute atomic E-state index is 0.0793. The lowest BCUT2D eigenvalue weighted by Crippen LogP contribution is -2.48. The smallest absolute Gasteiger partial charge is 0.232 e. The molecule has 2 saturated carbocycles. The fourth-order valence-electron chi connectivity index (χ4n) is 4.46. The summed E-state index contributed by atoms with van der Waals surface area (Å²) in [6.07, 6.45) is 1.48. The molecule has 0 heterocycles. The summed E-state index contributed by atoms with van der Waals surface area (Å²) < 4.78 is 0. The second-order valence-corrected chi connectivity index (χ2v) is 8.92. The van der Waals surface area contributed by atoms with E-state index in [1.54, 1.807) is 6.07 Å². The van der Waals surface area contributed by atoms with Gasteiger partial charge in [-0.2, -0.15) is 0 Å². The number of aryl methyl sites for hydroxylation is 1. The summed E-state index contributed by atoms with van der Waals surface area (Å²) in [4.78, 5) is 25.5. The number of nitrogens with one attached hydrogen (secondary N) is 1. The van der Waals surface area contributed by atoms with Crippen molar-refractivity contribution in [3.8, 4) is 0 Å². The predicted molar refractivity (Wildman–Crippen MR) is 96.1 cm³/mol. The average molecular weight is 399 g/mol. The van der Waals surface area contributed by atoms with Gasteiger partial charge in [0.2, 0.25) is 5.91 Å². The zero-order valence-corrected chi connectivity index (χ0v) is 16.1. The van der Waals surface area contributed by atoms with Gasteiger partial charge in [-0.25, -0.2) is 0 Å². The summed E-state index contributed by atoms with van der Waals surface area (Å²) in [7, 11) is 0. The van der Waals surface area contributed by atoms with Crippen LogP contribution in [0.5, 0.6) is 0 Å². The Balaban J connectivity index is 2.00. The van der Waals surface area contributed by atoms with Gasteiger partial charge in [-0.1, -0.05) is 48.3 Å². The molecule has 2 bridgehead atoms. The van der Waals surface area contributed by atoms with Crippen LogP contribution < -0.4 is 5.32 Å². The fraction of sp³-hybridized carbons (Fsp3) is 0.556. The molecule has 1 aromatic rings. The quantitative estimate of drug-likeness (QED) is 0.731. The van der Waals surface area contributed by atoms with E-state index in [2.05, 4.69) is 21.2 Å². The van der Waals surface area contributed by atoms with Gasteiger partial charge in [0.1, 0.15) is 0 Å². The molecule has 5 heteroatoms. The number of alkyl halides is 1. The lowest BCUT2D eigenvalue weighted by molar-refractivity contribution is -0.130. The average Bonchev–Trinajstić information content (AvgIpc) is 2.74. The summed E-state index contributed by atoms with van der Waals surface area (Å²) >= 11 is 9.52. The highest BCUT2D eigenvalue weighted by Gasteiger charge is 2.76. The van der Waals surface area contributed by atoms with Gasteiger partial charge in [-0.15, -0.1) is 0 Å². The Labute approximate surface area is 150 Å². The number of Topliss-reactive ketones (excluding diaryl/α,β-unsaturated/α-hetero) is 1. The number of rotatable bonds is 2. The van der Waals surface area contributed by atoms with Crippen LogP contribution in [0.1, 0.15) is 39.2 Å². The Bertz CT molecular complexity index is 717. The Kier molecular flexibility index (Phi) is 3.73. The van der Waals surface area contributed by atoms with Gasteiger partial charge in [0.25, 0.3) is 0 Å². The summed E-state index contributed by atoms with van der Waals surface area (Å²) in [6.45, 7) is 8.01. The molecule has 3 unspecified atom stereocenters. The summed E-state index contributed by atoms with van der Waals surface area (Å²) in [5.74, 6) is 0.0705. The lowest BCUT2D eigenvalue weighted by atomic mass is 9.64. The maximum atomic E-state index is 13.2. The van der Waals surface area contributed by atoms with Crippen LogP contribution in [0.3, 0.4) is 0 Å². The van der Waals surface area contributed by atoms with Gasteiger partial charge < -0.3 is 5.32 Å². The maximum Gasteiger partial charge on any atom is 0.232 e. The minimum Gasteiger partial charge on any atom is -0.325 e. The largest absolute Gasteiger partial charge is 0.325 e. The van der Waals surface area contributed by atoms with E-state index in [9.17, 15) is 9.59 Å². The molecule has 2 aliphatic rings. The second kappa shape index (κ2) is 5.06. The first-order valence-corrected chi connectivity index (χ1v) is 9.13. The SMILES string of the molecule is Cc1cc(Cl)ccc1NC(=O)C12CCC(C)(C(=O)C1Br)C2(C)C. The molecular weight excluding hydrogens is 378 g/mol. The van der Waals surface area contributed by atoms with Crippen LogP contribution in [-0.2, 0) is 9.59 Å². The van der Waals surface area contributed by atoms with Crippen molar-refractivity contribution in [1.29, 1.82) is 0 Å². The molecule has 23 heavy (non-hydrogen) atoms. The van der Waals surface area contributed by atoms with Crippen molar-refractivity contribution in [2.45, 2.75) is 45.4 Å². The molecule has 3 rings (SSSR count). The third kappa shape index (κ3) is 1.94. The number of carbonyl (C=O) groups excluding carboxylic acids is 2. The predicted octanol–water partition coefficient (Wildman–Crippen LogP) is 4.75. The lowest BCUT2D eigenvalue weighted by Gasteiger charge is -2.39. The number of hydrogen-bond acceptors (Lipinski definition) is 2. The molecule has 1 amide bonds. The molecule has 1 aromatic carbocycles.